The van der Waals surface area contributed by atoms with E-state index in [9.17, 15) is 0 Å². The van der Waals surface area contributed by atoms with Crippen LogP contribution in [0.2, 0.25) is 5.02 Å². The number of rotatable bonds is 3. The smallest absolute Gasteiger partial charge is 0.179 e. The molecule has 70 valence electrons. The van der Waals surface area contributed by atoms with Crippen LogP contribution in [0.3, 0.4) is 0 Å². The monoisotopic (exact) mass is 198 g/mol. The standard InChI is InChI=1S/C10H11ClO2/c1-4-7-5-6-8(12-2)10(13-3)9(7)11/h4-6H,1H2,2-3H3. The van der Waals surface area contributed by atoms with E-state index in [1.165, 1.54) is 0 Å². The van der Waals surface area contributed by atoms with E-state index in [4.69, 9.17) is 21.1 Å². The summed E-state index contributed by atoms with van der Waals surface area (Å²) < 4.78 is 10.2. The summed E-state index contributed by atoms with van der Waals surface area (Å²) in [5.74, 6) is 1.17. The van der Waals surface area contributed by atoms with Gasteiger partial charge in [-0.1, -0.05) is 24.3 Å². The van der Waals surface area contributed by atoms with E-state index in [1.54, 1.807) is 26.4 Å². The van der Waals surface area contributed by atoms with E-state index >= 15 is 0 Å². The van der Waals surface area contributed by atoms with Crippen molar-refractivity contribution in [2.75, 3.05) is 14.2 Å². The molecule has 13 heavy (non-hydrogen) atoms. The summed E-state index contributed by atoms with van der Waals surface area (Å²) in [6.45, 7) is 3.64. The highest BCUT2D eigenvalue weighted by atomic mass is 35.5. The molecule has 0 saturated carbocycles. The Bertz CT molecular complexity index is 321. The van der Waals surface area contributed by atoms with Crippen LogP contribution in [0.1, 0.15) is 5.56 Å². The molecule has 0 saturated heterocycles. The van der Waals surface area contributed by atoms with E-state index in [2.05, 4.69) is 6.58 Å². The largest absolute Gasteiger partial charge is 0.493 e. The zero-order valence-electron chi connectivity index (χ0n) is 7.63. The van der Waals surface area contributed by atoms with E-state index in [0.29, 0.717) is 16.5 Å². The number of ether oxygens (including phenoxy) is 2. The Morgan fingerprint density at radius 1 is 1.31 bits per heavy atom. The molecule has 1 rings (SSSR count). The lowest BCUT2D eigenvalue weighted by Gasteiger charge is -2.10. The van der Waals surface area contributed by atoms with Crippen molar-refractivity contribution < 1.29 is 9.47 Å². The number of halogens is 1. The van der Waals surface area contributed by atoms with Crippen molar-refractivity contribution in [3.63, 3.8) is 0 Å². The molecular weight excluding hydrogens is 188 g/mol. The van der Waals surface area contributed by atoms with Crippen LogP contribution >= 0.6 is 11.6 Å². The third kappa shape index (κ3) is 1.78. The molecule has 0 radical (unpaired) electrons. The van der Waals surface area contributed by atoms with Crippen LogP contribution in [-0.4, -0.2) is 14.2 Å². The second-order valence-electron chi connectivity index (χ2n) is 2.41. The maximum atomic E-state index is 6.02. The van der Waals surface area contributed by atoms with Crippen LogP contribution in [-0.2, 0) is 0 Å². The Labute approximate surface area is 82.7 Å². The summed E-state index contributed by atoms with van der Waals surface area (Å²) in [4.78, 5) is 0. The van der Waals surface area contributed by atoms with Crippen molar-refractivity contribution in [2.24, 2.45) is 0 Å². The second-order valence-corrected chi connectivity index (χ2v) is 2.79. The minimum absolute atomic E-state index is 0.525. The van der Waals surface area contributed by atoms with E-state index in [1.807, 2.05) is 6.07 Å². The molecule has 0 unspecified atom stereocenters. The molecule has 0 N–H and O–H groups in total. The van der Waals surface area contributed by atoms with Crippen molar-refractivity contribution in [1.29, 1.82) is 0 Å². The van der Waals surface area contributed by atoms with Crippen LogP contribution in [0.15, 0.2) is 18.7 Å². The highest BCUT2D eigenvalue weighted by molar-refractivity contribution is 6.33. The lowest BCUT2D eigenvalue weighted by molar-refractivity contribution is 0.355. The molecule has 0 aromatic heterocycles. The van der Waals surface area contributed by atoms with Gasteiger partial charge in [-0.2, -0.15) is 0 Å². The van der Waals surface area contributed by atoms with Crippen LogP contribution in [0.25, 0.3) is 6.08 Å². The first-order valence-electron chi connectivity index (χ1n) is 3.77. The molecule has 3 heteroatoms. The lowest BCUT2D eigenvalue weighted by atomic mass is 10.2. The fourth-order valence-corrected chi connectivity index (χ4v) is 1.37. The molecule has 0 amide bonds. The molecule has 0 aliphatic heterocycles. The summed E-state index contributed by atoms with van der Waals surface area (Å²) in [5.41, 5.74) is 0.833. The zero-order valence-corrected chi connectivity index (χ0v) is 8.39. The average molecular weight is 199 g/mol. The van der Waals surface area contributed by atoms with Gasteiger partial charge in [0.05, 0.1) is 19.2 Å². The molecule has 2 nitrogen and oxygen atoms in total. The molecule has 0 spiro atoms. The SMILES string of the molecule is C=Cc1ccc(OC)c(OC)c1Cl. The number of hydrogen-bond acceptors (Lipinski definition) is 2. The van der Waals surface area contributed by atoms with Crippen molar-refractivity contribution in [2.45, 2.75) is 0 Å². The Balaban J connectivity index is 3.31. The maximum absolute atomic E-state index is 6.02. The molecular formula is C10H11ClO2. The topological polar surface area (TPSA) is 18.5 Å². The summed E-state index contributed by atoms with van der Waals surface area (Å²) >= 11 is 6.02. The lowest BCUT2D eigenvalue weighted by Crippen LogP contribution is -1.92. The van der Waals surface area contributed by atoms with Crippen molar-refractivity contribution in [3.8, 4) is 11.5 Å². The summed E-state index contributed by atoms with van der Waals surface area (Å²) in [6, 6.07) is 3.62. The quantitative estimate of drug-likeness (QED) is 0.744. The molecule has 0 aliphatic carbocycles. The first-order chi connectivity index (χ1) is 6.24. The first-order valence-corrected chi connectivity index (χ1v) is 4.15. The number of hydrogen-bond donors (Lipinski definition) is 0. The first kappa shape index (κ1) is 9.93. The van der Waals surface area contributed by atoms with Gasteiger partial charge in [0.2, 0.25) is 0 Å². The molecule has 0 atom stereocenters. The molecule has 0 heterocycles. The van der Waals surface area contributed by atoms with Crippen LogP contribution in [0.5, 0.6) is 11.5 Å². The molecule has 0 aliphatic rings. The van der Waals surface area contributed by atoms with Crippen LogP contribution in [0, 0.1) is 0 Å². The molecule has 1 aromatic carbocycles. The molecule has 0 bridgehead atoms. The fourth-order valence-electron chi connectivity index (χ4n) is 1.06. The number of methoxy groups -OCH3 is 2. The Morgan fingerprint density at radius 2 is 2.00 bits per heavy atom. The van der Waals surface area contributed by atoms with E-state index in [-0.39, 0.29) is 0 Å². The van der Waals surface area contributed by atoms with Crippen molar-refractivity contribution in [3.05, 3.63) is 29.3 Å². The van der Waals surface area contributed by atoms with Gasteiger partial charge in [0.25, 0.3) is 0 Å². The summed E-state index contributed by atoms with van der Waals surface area (Å²) in [6.07, 6.45) is 1.67. The van der Waals surface area contributed by atoms with E-state index in [0.717, 1.165) is 5.56 Å². The van der Waals surface area contributed by atoms with Gasteiger partial charge in [-0.15, -0.1) is 0 Å². The van der Waals surface area contributed by atoms with Gasteiger partial charge in [0, 0.05) is 0 Å². The maximum Gasteiger partial charge on any atom is 0.179 e. The fraction of sp³-hybridized carbons (Fsp3) is 0.200. The highest BCUT2D eigenvalue weighted by Gasteiger charge is 2.10. The summed E-state index contributed by atoms with van der Waals surface area (Å²) in [7, 11) is 3.12. The molecule has 1 aromatic rings. The van der Waals surface area contributed by atoms with Gasteiger partial charge in [-0.3, -0.25) is 0 Å². The van der Waals surface area contributed by atoms with Gasteiger partial charge >= 0.3 is 0 Å². The van der Waals surface area contributed by atoms with Gasteiger partial charge in [0.15, 0.2) is 11.5 Å². The second kappa shape index (κ2) is 4.19. The van der Waals surface area contributed by atoms with Crippen molar-refractivity contribution >= 4 is 17.7 Å². The van der Waals surface area contributed by atoms with Crippen LogP contribution in [0.4, 0.5) is 0 Å². The molecule has 0 fully saturated rings. The van der Waals surface area contributed by atoms with Gasteiger partial charge < -0.3 is 9.47 Å². The Hall–Kier alpha value is -1.15. The third-order valence-corrected chi connectivity index (χ3v) is 2.12. The van der Waals surface area contributed by atoms with Gasteiger partial charge in [-0.25, -0.2) is 0 Å². The zero-order chi connectivity index (χ0) is 9.84. The summed E-state index contributed by atoms with van der Waals surface area (Å²) in [5, 5.41) is 0.525. The number of benzene rings is 1. The Kier molecular flexibility index (Phi) is 3.20. The van der Waals surface area contributed by atoms with E-state index < -0.39 is 0 Å². The van der Waals surface area contributed by atoms with Gasteiger partial charge in [0.1, 0.15) is 0 Å². The minimum atomic E-state index is 0.525. The predicted octanol–water partition coefficient (Wildman–Crippen LogP) is 3.00. The van der Waals surface area contributed by atoms with Crippen LogP contribution < -0.4 is 9.47 Å². The predicted molar refractivity (Wildman–Crippen MR) is 54.6 cm³/mol. The third-order valence-electron chi connectivity index (χ3n) is 1.73. The average Bonchev–Trinajstić information content (AvgIpc) is 2.17. The highest BCUT2D eigenvalue weighted by Crippen LogP contribution is 2.37. The van der Waals surface area contributed by atoms with Gasteiger partial charge in [-0.05, 0) is 17.7 Å². The van der Waals surface area contributed by atoms with Crippen molar-refractivity contribution in [1.82, 2.24) is 0 Å². The normalized spacial score (nSPS) is 9.46. The Morgan fingerprint density at radius 3 is 2.46 bits per heavy atom. The minimum Gasteiger partial charge on any atom is -0.493 e.